The standard InChI is InChI=1S/C38H19N3OS/c39-20-22-15-17-25-24-7-1-3-11-30(24)41(32(25)19-22)31-12-5-10-29-36-27(18-16-23(21-40)37(36)43-38(29)31)26-9-6-14-34-35(26)28-8-2-4-13-33(28)42-34/h1-19H. The Morgan fingerprint density at radius 1 is 0.558 bits per heavy atom. The molecule has 0 saturated carbocycles. The maximum Gasteiger partial charge on any atom is 0.136 e. The molecule has 0 aliphatic heterocycles. The van der Waals surface area contributed by atoms with Crippen molar-refractivity contribution in [3.63, 3.8) is 0 Å². The van der Waals surface area contributed by atoms with E-state index in [-0.39, 0.29) is 0 Å². The van der Waals surface area contributed by atoms with Crippen molar-refractivity contribution in [1.82, 2.24) is 4.57 Å². The minimum atomic E-state index is 0.620. The normalized spacial score (nSPS) is 11.7. The van der Waals surface area contributed by atoms with Gasteiger partial charge >= 0.3 is 0 Å². The van der Waals surface area contributed by atoms with Gasteiger partial charge in [0.1, 0.15) is 17.2 Å². The molecule has 198 valence electrons. The highest BCUT2D eigenvalue weighted by molar-refractivity contribution is 7.26. The molecule has 0 aliphatic rings. The van der Waals surface area contributed by atoms with Gasteiger partial charge in [-0.05, 0) is 53.6 Å². The van der Waals surface area contributed by atoms with E-state index in [1.54, 1.807) is 11.3 Å². The van der Waals surface area contributed by atoms with Crippen molar-refractivity contribution in [1.29, 1.82) is 10.5 Å². The van der Waals surface area contributed by atoms with Gasteiger partial charge in [-0.15, -0.1) is 11.3 Å². The maximum atomic E-state index is 10.2. The van der Waals surface area contributed by atoms with E-state index in [1.165, 1.54) is 0 Å². The largest absolute Gasteiger partial charge is 0.456 e. The lowest BCUT2D eigenvalue weighted by Crippen LogP contribution is -1.94. The molecule has 9 rings (SSSR count). The van der Waals surface area contributed by atoms with Crippen LogP contribution in [-0.2, 0) is 0 Å². The zero-order valence-corrected chi connectivity index (χ0v) is 23.4. The second-order valence-corrected chi connectivity index (χ2v) is 11.7. The van der Waals surface area contributed by atoms with Gasteiger partial charge in [0, 0.05) is 32.3 Å². The zero-order chi connectivity index (χ0) is 28.7. The molecule has 0 aliphatic carbocycles. The summed E-state index contributed by atoms with van der Waals surface area (Å²) in [6, 6.07) is 43.8. The van der Waals surface area contributed by atoms with Crippen LogP contribution >= 0.6 is 11.3 Å². The van der Waals surface area contributed by atoms with E-state index < -0.39 is 0 Å². The summed E-state index contributed by atoms with van der Waals surface area (Å²) in [6.07, 6.45) is 0. The van der Waals surface area contributed by atoms with Crippen LogP contribution in [0.25, 0.3) is 80.7 Å². The molecule has 0 N–H and O–H groups in total. The van der Waals surface area contributed by atoms with Crippen LogP contribution in [0.2, 0.25) is 0 Å². The van der Waals surface area contributed by atoms with Crippen LogP contribution < -0.4 is 0 Å². The lowest BCUT2D eigenvalue weighted by Gasteiger charge is -2.10. The smallest absolute Gasteiger partial charge is 0.136 e. The van der Waals surface area contributed by atoms with Crippen molar-refractivity contribution in [2.24, 2.45) is 0 Å². The molecule has 9 aromatic rings. The number of thiophene rings is 1. The number of nitriles is 2. The van der Waals surface area contributed by atoms with Crippen molar-refractivity contribution < 1.29 is 4.42 Å². The summed E-state index contributed by atoms with van der Waals surface area (Å²) in [6.45, 7) is 0. The Kier molecular flexibility index (Phi) is 4.87. The molecule has 0 radical (unpaired) electrons. The lowest BCUT2D eigenvalue weighted by atomic mass is 9.94. The predicted octanol–water partition coefficient (Wildman–Crippen LogP) is 10.5. The molecular weight excluding hydrogens is 547 g/mol. The second-order valence-electron chi connectivity index (χ2n) is 10.7. The molecule has 0 atom stereocenters. The molecule has 0 bridgehead atoms. The van der Waals surface area contributed by atoms with Crippen molar-refractivity contribution in [2.75, 3.05) is 0 Å². The third-order valence-electron chi connectivity index (χ3n) is 8.48. The lowest BCUT2D eigenvalue weighted by molar-refractivity contribution is 0.669. The minimum absolute atomic E-state index is 0.620. The second kappa shape index (κ2) is 8.81. The van der Waals surface area contributed by atoms with E-state index in [0.717, 1.165) is 80.7 Å². The molecule has 43 heavy (non-hydrogen) atoms. The third-order valence-corrected chi connectivity index (χ3v) is 9.74. The first-order valence-electron chi connectivity index (χ1n) is 14.0. The summed E-state index contributed by atoms with van der Waals surface area (Å²) in [4.78, 5) is 0. The molecule has 4 nitrogen and oxygen atoms in total. The van der Waals surface area contributed by atoms with Gasteiger partial charge in [-0.25, -0.2) is 0 Å². The highest BCUT2D eigenvalue weighted by atomic mass is 32.1. The zero-order valence-electron chi connectivity index (χ0n) is 22.6. The Bertz CT molecular complexity index is 2710. The molecule has 6 aromatic carbocycles. The Morgan fingerprint density at radius 3 is 2.19 bits per heavy atom. The SMILES string of the molecule is N#Cc1ccc2c3ccccc3n(-c3cccc4c3sc3c(C#N)ccc(-c5cccc6oc7ccccc7c56)c34)c2c1. The molecule has 3 aromatic heterocycles. The fourth-order valence-electron chi connectivity index (χ4n) is 6.67. The Labute approximate surface area is 249 Å². The number of hydrogen-bond donors (Lipinski definition) is 0. The molecule has 0 unspecified atom stereocenters. The molecular formula is C38H19N3OS. The number of nitrogens with zero attached hydrogens (tertiary/aromatic N) is 3. The van der Waals surface area contributed by atoms with Gasteiger partial charge < -0.3 is 8.98 Å². The summed E-state index contributed by atoms with van der Waals surface area (Å²) >= 11 is 1.65. The van der Waals surface area contributed by atoms with Crippen molar-refractivity contribution in [2.45, 2.75) is 0 Å². The molecule has 0 spiro atoms. The van der Waals surface area contributed by atoms with E-state index in [2.05, 4.69) is 77.4 Å². The van der Waals surface area contributed by atoms with Crippen LogP contribution in [0.15, 0.2) is 120 Å². The van der Waals surface area contributed by atoms with Crippen LogP contribution in [0.5, 0.6) is 0 Å². The van der Waals surface area contributed by atoms with Crippen molar-refractivity contribution in [3.05, 3.63) is 126 Å². The highest BCUT2D eigenvalue weighted by Gasteiger charge is 2.21. The minimum Gasteiger partial charge on any atom is -0.456 e. The number of furan rings is 1. The van der Waals surface area contributed by atoms with Gasteiger partial charge in [-0.3, -0.25) is 0 Å². The van der Waals surface area contributed by atoms with Gasteiger partial charge in [0.05, 0.1) is 43.3 Å². The van der Waals surface area contributed by atoms with Crippen molar-refractivity contribution in [3.8, 4) is 29.0 Å². The van der Waals surface area contributed by atoms with Gasteiger partial charge in [0.15, 0.2) is 0 Å². The summed E-state index contributed by atoms with van der Waals surface area (Å²) in [5.41, 5.74) is 8.22. The van der Waals surface area contributed by atoms with Crippen LogP contribution in [0.1, 0.15) is 11.1 Å². The van der Waals surface area contributed by atoms with Gasteiger partial charge in [0.25, 0.3) is 0 Å². The van der Waals surface area contributed by atoms with Gasteiger partial charge in [-0.2, -0.15) is 10.5 Å². The van der Waals surface area contributed by atoms with Crippen LogP contribution in [-0.4, -0.2) is 4.57 Å². The van der Waals surface area contributed by atoms with Crippen molar-refractivity contribution >= 4 is 75.3 Å². The first kappa shape index (κ1) is 23.8. The Morgan fingerprint density at radius 2 is 1.30 bits per heavy atom. The Balaban J connectivity index is 1.43. The number of rotatable bonds is 2. The first-order chi connectivity index (χ1) is 21.2. The molecule has 0 saturated heterocycles. The van der Waals surface area contributed by atoms with E-state index in [0.29, 0.717) is 11.1 Å². The highest BCUT2D eigenvalue weighted by Crippen LogP contribution is 2.47. The Hall–Kier alpha value is -5.88. The van der Waals surface area contributed by atoms with E-state index in [9.17, 15) is 10.5 Å². The topological polar surface area (TPSA) is 65.7 Å². The number of aromatic nitrogens is 1. The molecule has 3 heterocycles. The van der Waals surface area contributed by atoms with Crippen LogP contribution in [0.4, 0.5) is 0 Å². The number of fused-ring (bicyclic) bond motifs is 9. The number of benzene rings is 6. The monoisotopic (exact) mass is 565 g/mol. The molecule has 5 heteroatoms. The number of para-hydroxylation sites is 2. The maximum absolute atomic E-state index is 10.2. The fraction of sp³-hybridized carbons (Fsp3) is 0. The van der Waals surface area contributed by atoms with E-state index >= 15 is 0 Å². The summed E-state index contributed by atoms with van der Waals surface area (Å²) in [7, 11) is 0. The average Bonchev–Trinajstić information content (AvgIpc) is 3.74. The quantitative estimate of drug-likeness (QED) is 0.209. The number of hydrogen-bond acceptors (Lipinski definition) is 4. The predicted molar refractivity (Wildman–Crippen MR) is 176 cm³/mol. The summed E-state index contributed by atoms with van der Waals surface area (Å²) in [5, 5.41) is 26.5. The fourth-order valence-corrected chi connectivity index (χ4v) is 7.97. The van der Waals surface area contributed by atoms with Gasteiger partial charge in [-0.1, -0.05) is 72.8 Å². The van der Waals surface area contributed by atoms with E-state index in [4.69, 9.17) is 4.42 Å². The molecule has 0 amide bonds. The molecule has 0 fully saturated rings. The first-order valence-corrected chi connectivity index (χ1v) is 14.8. The summed E-state index contributed by atoms with van der Waals surface area (Å²) in [5.74, 6) is 0. The van der Waals surface area contributed by atoms with Crippen LogP contribution in [0, 0.1) is 22.7 Å². The summed E-state index contributed by atoms with van der Waals surface area (Å²) < 4.78 is 10.6. The van der Waals surface area contributed by atoms with E-state index in [1.807, 2.05) is 54.6 Å². The van der Waals surface area contributed by atoms with Gasteiger partial charge in [0.2, 0.25) is 0 Å². The van der Waals surface area contributed by atoms with Crippen LogP contribution in [0.3, 0.4) is 0 Å². The average molecular weight is 566 g/mol. The third kappa shape index (κ3) is 3.23.